The number of ether oxygens (including phenoxy) is 1. The van der Waals surface area contributed by atoms with Crippen LogP contribution in [0.1, 0.15) is 30.5 Å². The molecule has 0 unspecified atom stereocenters. The number of alkyl halides is 2. The van der Waals surface area contributed by atoms with E-state index in [1.54, 1.807) is 39.0 Å². The van der Waals surface area contributed by atoms with Gasteiger partial charge in [0.25, 0.3) is 0 Å². The highest BCUT2D eigenvalue weighted by atomic mass is 19.3. The molecule has 1 rings (SSSR count). The number of allylic oxidation sites excluding steroid dienone is 1. The second kappa shape index (κ2) is 5.76. The number of ketones is 1. The number of benzene rings is 1. The lowest BCUT2D eigenvalue weighted by Crippen LogP contribution is -2.05. The van der Waals surface area contributed by atoms with Gasteiger partial charge >= 0.3 is 6.61 Å². The van der Waals surface area contributed by atoms with Crippen molar-refractivity contribution in [1.29, 1.82) is 0 Å². The molecule has 0 aliphatic carbocycles. The highest BCUT2D eigenvalue weighted by Crippen LogP contribution is 2.27. The summed E-state index contributed by atoms with van der Waals surface area (Å²) in [4.78, 5) is 11.1. The van der Waals surface area contributed by atoms with Crippen molar-refractivity contribution in [3.05, 3.63) is 34.4 Å². The summed E-state index contributed by atoms with van der Waals surface area (Å²) in [5.41, 5.74) is 2.67. The van der Waals surface area contributed by atoms with Gasteiger partial charge in [-0.1, -0.05) is 0 Å². The molecule has 0 radical (unpaired) electrons. The van der Waals surface area contributed by atoms with Crippen molar-refractivity contribution >= 4 is 11.9 Å². The van der Waals surface area contributed by atoms with Crippen LogP contribution in [0.25, 0.3) is 6.08 Å². The van der Waals surface area contributed by atoms with Crippen LogP contribution in [0.2, 0.25) is 0 Å². The number of Topliss-reactive ketones (excluding diaryl/α,β-unsaturated/α-hetero) is 1. The summed E-state index contributed by atoms with van der Waals surface area (Å²) in [5.74, 6) is 0.181. The minimum absolute atomic E-state index is 0.0155. The van der Waals surface area contributed by atoms with E-state index in [0.717, 1.165) is 5.56 Å². The molecule has 0 heterocycles. The summed E-state index contributed by atoms with van der Waals surface area (Å²) in [5, 5.41) is 0. The van der Waals surface area contributed by atoms with E-state index >= 15 is 0 Å². The van der Waals surface area contributed by atoms with Gasteiger partial charge in [-0.25, -0.2) is 0 Å². The molecule has 0 aliphatic rings. The first kappa shape index (κ1) is 14.4. The first-order valence-corrected chi connectivity index (χ1v) is 5.56. The largest absolute Gasteiger partial charge is 0.434 e. The Bertz CT molecular complexity index is 468. The lowest BCUT2D eigenvalue weighted by Gasteiger charge is -2.12. The van der Waals surface area contributed by atoms with Crippen LogP contribution in [0.5, 0.6) is 5.75 Å². The molecule has 0 atom stereocenters. The predicted molar refractivity (Wildman–Crippen MR) is 66.9 cm³/mol. The highest BCUT2D eigenvalue weighted by Gasteiger charge is 2.11. The van der Waals surface area contributed by atoms with Crippen LogP contribution in [0.15, 0.2) is 17.7 Å². The molecule has 98 valence electrons. The van der Waals surface area contributed by atoms with Crippen LogP contribution < -0.4 is 4.74 Å². The van der Waals surface area contributed by atoms with Gasteiger partial charge in [0.2, 0.25) is 0 Å². The normalized spacial score (nSPS) is 11.8. The Morgan fingerprint density at radius 1 is 1.22 bits per heavy atom. The molecule has 0 N–H and O–H groups in total. The van der Waals surface area contributed by atoms with E-state index in [9.17, 15) is 13.6 Å². The van der Waals surface area contributed by atoms with Gasteiger partial charge in [-0.3, -0.25) is 4.79 Å². The number of aryl methyl sites for hydroxylation is 2. The molecule has 0 fully saturated rings. The summed E-state index contributed by atoms with van der Waals surface area (Å²) < 4.78 is 28.9. The van der Waals surface area contributed by atoms with Crippen molar-refractivity contribution in [1.82, 2.24) is 0 Å². The Labute approximate surface area is 105 Å². The number of hydrogen-bond acceptors (Lipinski definition) is 2. The molecule has 1 aromatic rings. The lowest BCUT2D eigenvalue weighted by atomic mass is 10.0. The van der Waals surface area contributed by atoms with Crippen LogP contribution in [0, 0.1) is 13.8 Å². The quantitative estimate of drug-likeness (QED) is 0.762. The Morgan fingerprint density at radius 2 is 1.72 bits per heavy atom. The van der Waals surface area contributed by atoms with Gasteiger partial charge < -0.3 is 4.74 Å². The minimum atomic E-state index is -2.83. The van der Waals surface area contributed by atoms with Crippen molar-refractivity contribution in [2.24, 2.45) is 0 Å². The summed E-state index contributed by atoms with van der Waals surface area (Å²) in [7, 11) is 0. The van der Waals surface area contributed by atoms with E-state index in [4.69, 9.17) is 0 Å². The third kappa shape index (κ3) is 3.65. The van der Waals surface area contributed by atoms with Gasteiger partial charge in [-0.15, -0.1) is 0 Å². The zero-order valence-electron chi connectivity index (χ0n) is 10.9. The van der Waals surface area contributed by atoms with E-state index in [1.807, 2.05) is 0 Å². The van der Waals surface area contributed by atoms with Crippen LogP contribution in [-0.2, 0) is 4.79 Å². The molecule has 0 bridgehead atoms. The molecule has 4 heteroatoms. The van der Waals surface area contributed by atoms with Crippen molar-refractivity contribution in [2.45, 2.75) is 34.3 Å². The standard InChI is InChI=1S/C14H16F2O2/c1-8(11(4)17)5-12-6-9(2)13(10(3)7-12)18-14(15)16/h5-7,14H,1-4H3/b8-5+. The summed E-state index contributed by atoms with van der Waals surface area (Å²) in [6.07, 6.45) is 1.73. The third-order valence-electron chi connectivity index (χ3n) is 2.63. The summed E-state index contributed by atoms with van der Waals surface area (Å²) in [6, 6.07) is 3.44. The van der Waals surface area contributed by atoms with Gasteiger partial charge in [0.1, 0.15) is 5.75 Å². The van der Waals surface area contributed by atoms with Crippen LogP contribution >= 0.6 is 0 Å². The van der Waals surface area contributed by atoms with Gasteiger partial charge in [0, 0.05) is 0 Å². The van der Waals surface area contributed by atoms with E-state index < -0.39 is 6.61 Å². The van der Waals surface area contributed by atoms with Crippen molar-refractivity contribution in [3.63, 3.8) is 0 Å². The Hall–Kier alpha value is -1.71. The monoisotopic (exact) mass is 254 g/mol. The molecule has 18 heavy (non-hydrogen) atoms. The SMILES string of the molecule is CC(=O)/C(C)=C/c1cc(C)c(OC(F)F)c(C)c1. The van der Waals surface area contributed by atoms with Crippen LogP contribution in [0.4, 0.5) is 8.78 Å². The zero-order chi connectivity index (χ0) is 13.9. The van der Waals surface area contributed by atoms with Crippen molar-refractivity contribution in [2.75, 3.05) is 0 Å². The molecule has 2 nitrogen and oxygen atoms in total. The van der Waals surface area contributed by atoms with E-state index in [0.29, 0.717) is 16.7 Å². The molecular formula is C14H16F2O2. The maximum atomic E-state index is 12.2. The smallest absolute Gasteiger partial charge is 0.387 e. The summed E-state index contributed by atoms with van der Waals surface area (Å²) >= 11 is 0. The van der Waals surface area contributed by atoms with Crippen LogP contribution in [-0.4, -0.2) is 12.4 Å². The molecule has 0 saturated heterocycles. The predicted octanol–water partition coefficient (Wildman–Crippen LogP) is 3.90. The van der Waals surface area contributed by atoms with Crippen molar-refractivity contribution < 1.29 is 18.3 Å². The van der Waals surface area contributed by atoms with E-state index in [2.05, 4.69) is 4.74 Å². The Balaban J connectivity index is 3.14. The van der Waals surface area contributed by atoms with E-state index in [1.165, 1.54) is 6.92 Å². The summed E-state index contributed by atoms with van der Waals surface area (Å²) in [6.45, 7) is 3.77. The Morgan fingerprint density at radius 3 is 2.11 bits per heavy atom. The zero-order valence-corrected chi connectivity index (χ0v) is 10.9. The maximum absolute atomic E-state index is 12.2. The topological polar surface area (TPSA) is 26.3 Å². The van der Waals surface area contributed by atoms with E-state index in [-0.39, 0.29) is 11.5 Å². The minimum Gasteiger partial charge on any atom is -0.434 e. The second-order valence-corrected chi connectivity index (χ2v) is 4.25. The lowest BCUT2D eigenvalue weighted by molar-refractivity contribution is -0.113. The fourth-order valence-electron chi connectivity index (χ4n) is 1.69. The highest BCUT2D eigenvalue weighted by molar-refractivity contribution is 5.97. The fourth-order valence-corrected chi connectivity index (χ4v) is 1.69. The maximum Gasteiger partial charge on any atom is 0.387 e. The van der Waals surface area contributed by atoms with Gasteiger partial charge in [-0.05, 0) is 68.2 Å². The molecule has 1 aromatic carbocycles. The number of carbonyl (C=O) groups excluding carboxylic acids is 1. The first-order valence-electron chi connectivity index (χ1n) is 5.56. The molecule has 0 saturated carbocycles. The average molecular weight is 254 g/mol. The molecule has 0 aromatic heterocycles. The number of halogens is 2. The molecule has 0 amide bonds. The number of carbonyl (C=O) groups is 1. The first-order chi connectivity index (χ1) is 8.31. The van der Waals surface area contributed by atoms with Gasteiger partial charge in [-0.2, -0.15) is 8.78 Å². The van der Waals surface area contributed by atoms with Crippen molar-refractivity contribution in [3.8, 4) is 5.75 Å². The molecule has 0 spiro atoms. The van der Waals surface area contributed by atoms with Gasteiger partial charge in [0.05, 0.1) is 0 Å². The molecule has 0 aliphatic heterocycles. The number of hydrogen-bond donors (Lipinski definition) is 0. The second-order valence-electron chi connectivity index (χ2n) is 4.25. The average Bonchev–Trinajstić information content (AvgIpc) is 2.23. The third-order valence-corrected chi connectivity index (χ3v) is 2.63. The molecular weight excluding hydrogens is 238 g/mol. The Kier molecular flexibility index (Phi) is 4.59. The van der Waals surface area contributed by atoms with Crippen LogP contribution in [0.3, 0.4) is 0 Å². The van der Waals surface area contributed by atoms with Gasteiger partial charge in [0.15, 0.2) is 5.78 Å². The fraction of sp³-hybridized carbons (Fsp3) is 0.357. The number of rotatable bonds is 4.